The number of hydrogen-bond acceptors (Lipinski definition) is 3. The Kier molecular flexibility index (Phi) is 3.59. The van der Waals surface area contributed by atoms with Crippen molar-refractivity contribution >= 4 is 16.9 Å². The summed E-state index contributed by atoms with van der Waals surface area (Å²) in [5.41, 5.74) is 4.18. The van der Waals surface area contributed by atoms with Crippen LogP contribution < -0.4 is 0 Å². The van der Waals surface area contributed by atoms with Gasteiger partial charge in [-0.2, -0.15) is 0 Å². The summed E-state index contributed by atoms with van der Waals surface area (Å²) in [5.74, 6) is 1.95. The zero-order chi connectivity index (χ0) is 16.7. The van der Waals surface area contributed by atoms with Gasteiger partial charge in [0.25, 0.3) is 0 Å². The molecule has 0 spiro atoms. The predicted octanol–water partition coefficient (Wildman–Crippen LogP) is 2.36. The largest absolute Gasteiger partial charge is 0.346 e. The van der Waals surface area contributed by atoms with Crippen molar-refractivity contribution in [3.8, 4) is 0 Å². The van der Waals surface area contributed by atoms with Crippen LogP contribution >= 0.6 is 0 Å². The van der Waals surface area contributed by atoms with Crippen LogP contribution in [0.1, 0.15) is 29.5 Å². The average molecular weight is 323 g/mol. The third-order valence-corrected chi connectivity index (χ3v) is 4.71. The van der Waals surface area contributed by atoms with Gasteiger partial charge in [-0.1, -0.05) is 12.1 Å². The maximum Gasteiger partial charge on any atom is 0.226 e. The van der Waals surface area contributed by atoms with E-state index < -0.39 is 0 Å². The zero-order valence-corrected chi connectivity index (χ0v) is 14.0. The number of amides is 1. The summed E-state index contributed by atoms with van der Waals surface area (Å²) in [6, 6.07) is 7.91. The van der Waals surface area contributed by atoms with E-state index in [9.17, 15) is 4.79 Å². The number of para-hydroxylation sites is 2. The highest BCUT2D eigenvalue weighted by atomic mass is 16.2. The molecule has 6 heteroatoms. The molecule has 1 aliphatic rings. The second kappa shape index (κ2) is 5.78. The van der Waals surface area contributed by atoms with E-state index in [1.54, 1.807) is 4.90 Å². The summed E-state index contributed by atoms with van der Waals surface area (Å²) in [6.45, 7) is 2.46. The minimum Gasteiger partial charge on any atom is -0.346 e. The lowest BCUT2D eigenvalue weighted by molar-refractivity contribution is -0.135. The molecule has 2 N–H and O–H groups in total. The van der Waals surface area contributed by atoms with Gasteiger partial charge < -0.3 is 14.9 Å². The highest BCUT2D eigenvalue weighted by Gasteiger charge is 2.29. The fourth-order valence-corrected chi connectivity index (χ4v) is 3.53. The first-order valence-corrected chi connectivity index (χ1v) is 8.33. The van der Waals surface area contributed by atoms with E-state index in [1.165, 1.54) is 0 Å². The number of hydrogen-bond donors (Lipinski definition) is 2. The first-order chi connectivity index (χ1) is 11.6. The topological polar surface area (TPSA) is 77.7 Å². The van der Waals surface area contributed by atoms with Crippen LogP contribution in [-0.4, -0.2) is 37.8 Å². The fourth-order valence-electron chi connectivity index (χ4n) is 3.53. The van der Waals surface area contributed by atoms with E-state index in [4.69, 9.17) is 0 Å². The highest BCUT2D eigenvalue weighted by molar-refractivity contribution is 5.79. The number of carbonyl (C=O) groups excluding carboxylic acids is 1. The number of nitrogens with one attached hydrogen (secondary N) is 2. The Morgan fingerprint density at radius 2 is 2.12 bits per heavy atom. The third-order valence-electron chi connectivity index (χ3n) is 4.71. The van der Waals surface area contributed by atoms with Crippen molar-refractivity contribution in [1.82, 2.24) is 24.8 Å². The molecule has 2 aromatic heterocycles. The molecular weight excluding hydrogens is 302 g/mol. The van der Waals surface area contributed by atoms with Crippen LogP contribution in [0.3, 0.4) is 0 Å². The second-order valence-corrected chi connectivity index (χ2v) is 6.58. The smallest absolute Gasteiger partial charge is 0.226 e. The van der Waals surface area contributed by atoms with E-state index >= 15 is 0 Å². The molecule has 124 valence electrons. The summed E-state index contributed by atoms with van der Waals surface area (Å²) in [5, 5.41) is 0. The van der Waals surface area contributed by atoms with Crippen LogP contribution in [0.25, 0.3) is 11.0 Å². The highest BCUT2D eigenvalue weighted by Crippen LogP contribution is 2.25. The van der Waals surface area contributed by atoms with Gasteiger partial charge in [-0.25, -0.2) is 9.97 Å². The third kappa shape index (κ3) is 2.68. The number of carbonyl (C=O) groups is 1. The Morgan fingerprint density at radius 3 is 2.96 bits per heavy atom. The lowest BCUT2D eigenvalue weighted by atomic mass is 9.89. The summed E-state index contributed by atoms with van der Waals surface area (Å²) in [7, 11) is 1.85. The van der Waals surface area contributed by atoms with E-state index in [2.05, 4.69) is 19.9 Å². The molecule has 0 fully saturated rings. The van der Waals surface area contributed by atoms with Gasteiger partial charge in [-0.3, -0.25) is 4.79 Å². The normalized spacial score (nSPS) is 17.0. The summed E-state index contributed by atoms with van der Waals surface area (Å²) in [6.07, 6.45) is 2.48. The summed E-state index contributed by atoms with van der Waals surface area (Å²) < 4.78 is 0. The Labute approximate surface area is 140 Å². The molecule has 3 aromatic rings. The molecule has 0 saturated carbocycles. The minimum absolute atomic E-state index is 0.0201. The van der Waals surface area contributed by atoms with Crippen LogP contribution in [0, 0.1) is 12.8 Å². The van der Waals surface area contributed by atoms with Crippen LogP contribution in [0.5, 0.6) is 0 Å². The number of aromatic amines is 2. The molecule has 2 heterocycles. The molecule has 0 radical (unpaired) electrons. The first-order valence-electron chi connectivity index (χ1n) is 8.33. The predicted molar refractivity (Wildman–Crippen MR) is 91.4 cm³/mol. The number of imidazole rings is 2. The molecular formula is C18H21N5O. The number of aryl methyl sites for hydroxylation is 2. The fraction of sp³-hybridized carbons (Fsp3) is 0.389. The van der Waals surface area contributed by atoms with Crippen molar-refractivity contribution in [3.63, 3.8) is 0 Å². The van der Waals surface area contributed by atoms with Gasteiger partial charge in [0.1, 0.15) is 11.6 Å². The van der Waals surface area contributed by atoms with Gasteiger partial charge in [0.05, 0.1) is 23.3 Å². The standard InChI is InChI=1S/C18H21N5O/c1-11-19-15-8-7-12(9-16(15)20-11)18(24)23(2)10-17-21-13-5-3-4-6-14(13)22-17/h3-6,12H,7-10H2,1-2H3,(H,19,20)(H,21,22). The lowest BCUT2D eigenvalue weighted by Gasteiger charge is -2.25. The quantitative estimate of drug-likeness (QED) is 0.777. The zero-order valence-electron chi connectivity index (χ0n) is 14.0. The lowest BCUT2D eigenvalue weighted by Crippen LogP contribution is -2.35. The number of aromatic nitrogens is 4. The number of rotatable bonds is 3. The molecule has 0 saturated heterocycles. The van der Waals surface area contributed by atoms with E-state index in [-0.39, 0.29) is 11.8 Å². The summed E-state index contributed by atoms with van der Waals surface area (Å²) >= 11 is 0. The van der Waals surface area contributed by atoms with Gasteiger partial charge >= 0.3 is 0 Å². The maximum atomic E-state index is 12.8. The van der Waals surface area contributed by atoms with Gasteiger partial charge in [0.2, 0.25) is 5.91 Å². The first kappa shape index (κ1) is 14.9. The van der Waals surface area contributed by atoms with Gasteiger partial charge in [0, 0.05) is 25.1 Å². The average Bonchev–Trinajstić information content (AvgIpc) is 3.14. The number of nitrogens with zero attached hydrogens (tertiary/aromatic N) is 3. The molecule has 0 aliphatic heterocycles. The Balaban J connectivity index is 1.46. The molecule has 0 bridgehead atoms. The Hall–Kier alpha value is -2.63. The van der Waals surface area contributed by atoms with Gasteiger partial charge in [-0.05, 0) is 31.9 Å². The van der Waals surface area contributed by atoms with Gasteiger partial charge in [-0.15, -0.1) is 0 Å². The van der Waals surface area contributed by atoms with Crippen LogP contribution in [0.4, 0.5) is 0 Å². The van der Waals surface area contributed by atoms with E-state index in [0.717, 1.165) is 53.3 Å². The molecule has 1 amide bonds. The summed E-state index contributed by atoms with van der Waals surface area (Å²) in [4.78, 5) is 30.2. The van der Waals surface area contributed by atoms with Crippen molar-refractivity contribution in [1.29, 1.82) is 0 Å². The van der Waals surface area contributed by atoms with Crippen LogP contribution in [-0.2, 0) is 24.2 Å². The monoisotopic (exact) mass is 323 g/mol. The van der Waals surface area contributed by atoms with Gasteiger partial charge in [0.15, 0.2) is 0 Å². The van der Waals surface area contributed by atoms with Crippen molar-refractivity contribution in [2.24, 2.45) is 5.92 Å². The Morgan fingerprint density at radius 1 is 1.29 bits per heavy atom. The molecule has 24 heavy (non-hydrogen) atoms. The maximum absolute atomic E-state index is 12.8. The van der Waals surface area contributed by atoms with Crippen LogP contribution in [0.2, 0.25) is 0 Å². The molecule has 1 aromatic carbocycles. The van der Waals surface area contributed by atoms with Crippen molar-refractivity contribution in [2.75, 3.05) is 7.05 Å². The number of benzene rings is 1. The van der Waals surface area contributed by atoms with Crippen LogP contribution in [0.15, 0.2) is 24.3 Å². The molecule has 4 rings (SSSR count). The molecule has 6 nitrogen and oxygen atoms in total. The molecule has 1 aliphatic carbocycles. The van der Waals surface area contributed by atoms with E-state index in [1.807, 2.05) is 38.2 Å². The number of fused-ring (bicyclic) bond motifs is 2. The molecule has 1 atom stereocenters. The minimum atomic E-state index is 0.0201. The van der Waals surface area contributed by atoms with Crippen molar-refractivity contribution in [2.45, 2.75) is 32.7 Å². The van der Waals surface area contributed by atoms with Crippen molar-refractivity contribution in [3.05, 3.63) is 47.3 Å². The van der Waals surface area contributed by atoms with E-state index in [0.29, 0.717) is 6.54 Å². The van der Waals surface area contributed by atoms with Crippen molar-refractivity contribution < 1.29 is 4.79 Å². The molecule has 1 unspecified atom stereocenters. The second-order valence-electron chi connectivity index (χ2n) is 6.58. The SMILES string of the molecule is Cc1nc2c([nH]1)CC(C(=O)N(C)Cc1nc3ccccc3[nH]1)CC2. The number of H-pyrrole nitrogens is 2. The Bertz CT molecular complexity index is 861.